The van der Waals surface area contributed by atoms with Gasteiger partial charge in [-0.15, -0.1) is 0 Å². The zero-order valence-electron chi connectivity index (χ0n) is 11.6. The molecule has 0 bridgehead atoms. The van der Waals surface area contributed by atoms with Crippen molar-refractivity contribution in [3.05, 3.63) is 23.8 Å². The van der Waals surface area contributed by atoms with E-state index in [0.717, 1.165) is 13.0 Å². The quantitative estimate of drug-likeness (QED) is 0.408. The maximum absolute atomic E-state index is 7.41. The lowest BCUT2D eigenvalue weighted by atomic mass is 10.2. The van der Waals surface area contributed by atoms with Gasteiger partial charge in [0.25, 0.3) is 0 Å². The molecular formula is C14H22N2O3. The van der Waals surface area contributed by atoms with Gasteiger partial charge < -0.3 is 19.9 Å². The number of rotatable bonds is 9. The molecular weight excluding hydrogens is 244 g/mol. The fraction of sp³-hybridized carbons (Fsp3) is 0.500. The zero-order chi connectivity index (χ0) is 14.1. The molecule has 5 heteroatoms. The van der Waals surface area contributed by atoms with Crippen molar-refractivity contribution in [2.24, 2.45) is 5.73 Å². The number of hydrogen-bond acceptors (Lipinski definition) is 4. The Kier molecular flexibility index (Phi) is 6.74. The molecule has 1 aromatic carbocycles. The van der Waals surface area contributed by atoms with Gasteiger partial charge in [-0.3, -0.25) is 5.41 Å². The summed E-state index contributed by atoms with van der Waals surface area (Å²) >= 11 is 0. The van der Waals surface area contributed by atoms with E-state index in [-0.39, 0.29) is 5.84 Å². The summed E-state index contributed by atoms with van der Waals surface area (Å²) in [6.45, 7) is 6.38. The van der Waals surface area contributed by atoms with Gasteiger partial charge >= 0.3 is 0 Å². The lowest BCUT2D eigenvalue weighted by Gasteiger charge is -2.13. The Morgan fingerprint density at radius 1 is 1.11 bits per heavy atom. The summed E-state index contributed by atoms with van der Waals surface area (Å²) in [5.74, 6) is 1.30. The van der Waals surface area contributed by atoms with Gasteiger partial charge in [0.1, 0.15) is 5.84 Å². The third-order valence-electron chi connectivity index (χ3n) is 2.45. The molecule has 0 fully saturated rings. The van der Waals surface area contributed by atoms with Gasteiger partial charge in [0.05, 0.1) is 13.2 Å². The molecule has 0 saturated heterocycles. The van der Waals surface area contributed by atoms with Crippen LogP contribution in [-0.2, 0) is 4.74 Å². The fourth-order valence-corrected chi connectivity index (χ4v) is 1.55. The largest absolute Gasteiger partial charge is 0.490 e. The monoisotopic (exact) mass is 266 g/mol. The summed E-state index contributed by atoms with van der Waals surface area (Å²) in [4.78, 5) is 0. The summed E-state index contributed by atoms with van der Waals surface area (Å²) in [6, 6.07) is 5.26. The first kappa shape index (κ1) is 15.3. The molecule has 0 unspecified atom stereocenters. The highest BCUT2D eigenvalue weighted by molar-refractivity contribution is 5.95. The summed E-state index contributed by atoms with van der Waals surface area (Å²) in [5, 5.41) is 7.41. The van der Waals surface area contributed by atoms with E-state index in [9.17, 15) is 0 Å². The van der Waals surface area contributed by atoms with E-state index in [0.29, 0.717) is 36.9 Å². The molecule has 0 aliphatic heterocycles. The standard InChI is InChI=1S/C14H22N2O3/c1-3-17-8-5-9-19-12-7-6-11(14(15)16)10-13(12)18-4-2/h6-7,10H,3-5,8-9H2,1-2H3,(H3,15,16). The van der Waals surface area contributed by atoms with E-state index in [1.54, 1.807) is 18.2 Å². The molecule has 0 aliphatic rings. The molecule has 0 amide bonds. The van der Waals surface area contributed by atoms with Crippen LogP contribution in [0.3, 0.4) is 0 Å². The molecule has 0 radical (unpaired) electrons. The fourth-order valence-electron chi connectivity index (χ4n) is 1.55. The van der Waals surface area contributed by atoms with Gasteiger partial charge in [0.2, 0.25) is 0 Å². The van der Waals surface area contributed by atoms with E-state index in [2.05, 4.69) is 0 Å². The van der Waals surface area contributed by atoms with Crippen molar-refractivity contribution in [1.29, 1.82) is 5.41 Å². The molecule has 5 nitrogen and oxygen atoms in total. The van der Waals surface area contributed by atoms with Crippen LogP contribution in [-0.4, -0.2) is 32.3 Å². The maximum atomic E-state index is 7.41. The first-order valence-electron chi connectivity index (χ1n) is 6.50. The van der Waals surface area contributed by atoms with Crippen LogP contribution >= 0.6 is 0 Å². The average molecular weight is 266 g/mol. The van der Waals surface area contributed by atoms with Crippen LogP contribution in [0, 0.1) is 5.41 Å². The molecule has 0 aliphatic carbocycles. The Balaban J connectivity index is 2.62. The van der Waals surface area contributed by atoms with Crippen molar-refractivity contribution in [2.45, 2.75) is 20.3 Å². The Labute approximate surface area is 114 Å². The minimum atomic E-state index is 0.0175. The van der Waals surface area contributed by atoms with E-state index < -0.39 is 0 Å². The van der Waals surface area contributed by atoms with Crippen molar-refractivity contribution in [3.8, 4) is 11.5 Å². The Hall–Kier alpha value is -1.75. The first-order valence-corrected chi connectivity index (χ1v) is 6.50. The molecule has 0 saturated carbocycles. The number of ether oxygens (including phenoxy) is 3. The molecule has 3 N–H and O–H groups in total. The molecule has 1 rings (SSSR count). The van der Waals surface area contributed by atoms with Crippen molar-refractivity contribution in [1.82, 2.24) is 0 Å². The summed E-state index contributed by atoms with van der Waals surface area (Å²) < 4.78 is 16.4. The van der Waals surface area contributed by atoms with Crippen molar-refractivity contribution in [3.63, 3.8) is 0 Å². The second-order valence-corrected chi connectivity index (χ2v) is 3.91. The van der Waals surface area contributed by atoms with Crippen LogP contribution in [0.1, 0.15) is 25.8 Å². The Morgan fingerprint density at radius 2 is 1.89 bits per heavy atom. The Morgan fingerprint density at radius 3 is 2.53 bits per heavy atom. The molecule has 0 atom stereocenters. The Bertz CT molecular complexity index is 408. The van der Waals surface area contributed by atoms with Gasteiger partial charge in [-0.05, 0) is 32.0 Å². The second-order valence-electron chi connectivity index (χ2n) is 3.91. The number of nitrogen functional groups attached to an aromatic ring is 1. The number of hydrogen-bond donors (Lipinski definition) is 2. The number of amidine groups is 1. The second kappa shape index (κ2) is 8.37. The van der Waals surface area contributed by atoms with Gasteiger partial charge in [-0.1, -0.05) is 0 Å². The molecule has 0 aromatic heterocycles. The van der Waals surface area contributed by atoms with Crippen molar-refractivity contribution < 1.29 is 14.2 Å². The van der Waals surface area contributed by atoms with E-state index in [4.69, 9.17) is 25.4 Å². The topological polar surface area (TPSA) is 77.6 Å². The molecule has 106 valence electrons. The summed E-state index contributed by atoms with van der Waals surface area (Å²) in [6.07, 6.45) is 0.827. The predicted octanol–water partition coefficient (Wildman–Crippen LogP) is 2.17. The maximum Gasteiger partial charge on any atom is 0.161 e. The van der Waals surface area contributed by atoms with Crippen molar-refractivity contribution >= 4 is 5.84 Å². The van der Waals surface area contributed by atoms with Crippen LogP contribution in [0.5, 0.6) is 11.5 Å². The van der Waals surface area contributed by atoms with Crippen molar-refractivity contribution in [2.75, 3.05) is 26.4 Å². The number of nitrogens with one attached hydrogen (secondary N) is 1. The average Bonchev–Trinajstić information content (AvgIpc) is 2.40. The van der Waals surface area contributed by atoms with E-state index in [1.807, 2.05) is 13.8 Å². The van der Waals surface area contributed by atoms with Crippen LogP contribution in [0.4, 0.5) is 0 Å². The van der Waals surface area contributed by atoms with Gasteiger partial charge in [0, 0.05) is 25.2 Å². The van der Waals surface area contributed by atoms with Gasteiger partial charge in [-0.25, -0.2) is 0 Å². The summed E-state index contributed by atoms with van der Waals surface area (Å²) in [5.41, 5.74) is 6.08. The number of benzene rings is 1. The van der Waals surface area contributed by atoms with Crippen LogP contribution in [0.25, 0.3) is 0 Å². The smallest absolute Gasteiger partial charge is 0.161 e. The minimum Gasteiger partial charge on any atom is -0.490 e. The lowest BCUT2D eigenvalue weighted by Crippen LogP contribution is -2.11. The normalized spacial score (nSPS) is 10.2. The predicted molar refractivity (Wildman–Crippen MR) is 75.2 cm³/mol. The highest BCUT2D eigenvalue weighted by Gasteiger charge is 2.07. The molecule has 1 aromatic rings. The molecule has 19 heavy (non-hydrogen) atoms. The number of nitrogens with two attached hydrogens (primary N) is 1. The van der Waals surface area contributed by atoms with Crippen LogP contribution < -0.4 is 15.2 Å². The highest BCUT2D eigenvalue weighted by Crippen LogP contribution is 2.28. The third-order valence-corrected chi connectivity index (χ3v) is 2.45. The SMILES string of the molecule is CCOCCCOc1ccc(C(=N)N)cc1OCC. The molecule has 0 spiro atoms. The lowest BCUT2D eigenvalue weighted by molar-refractivity contribution is 0.130. The van der Waals surface area contributed by atoms with Crippen LogP contribution in [0.15, 0.2) is 18.2 Å². The van der Waals surface area contributed by atoms with Gasteiger partial charge in [-0.2, -0.15) is 0 Å². The third kappa shape index (κ3) is 5.18. The van der Waals surface area contributed by atoms with E-state index in [1.165, 1.54) is 0 Å². The van der Waals surface area contributed by atoms with Gasteiger partial charge in [0.15, 0.2) is 11.5 Å². The van der Waals surface area contributed by atoms with E-state index >= 15 is 0 Å². The van der Waals surface area contributed by atoms with Crippen LogP contribution in [0.2, 0.25) is 0 Å². The minimum absolute atomic E-state index is 0.0175. The highest BCUT2D eigenvalue weighted by atomic mass is 16.5. The molecule has 0 heterocycles. The zero-order valence-corrected chi connectivity index (χ0v) is 11.6. The first-order chi connectivity index (χ1) is 9.19. The summed E-state index contributed by atoms with van der Waals surface area (Å²) in [7, 11) is 0.